The summed E-state index contributed by atoms with van der Waals surface area (Å²) in [6.07, 6.45) is 2.48. The Balaban J connectivity index is 1.75. The Labute approximate surface area is 141 Å². The lowest BCUT2D eigenvalue weighted by Crippen LogP contribution is -2.34. The maximum atomic E-state index is 12.8. The maximum absolute atomic E-state index is 12.8. The van der Waals surface area contributed by atoms with Crippen LogP contribution < -0.4 is 10.2 Å². The monoisotopic (exact) mass is 324 g/mol. The summed E-state index contributed by atoms with van der Waals surface area (Å²) in [6, 6.07) is 11.2. The molecule has 24 heavy (non-hydrogen) atoms. The van der Waals surface area contributed by atoms with Gasteiger partial charge in [-0.25, -0.2) is 4.79 Å². The third-order valence-electron chi connectivity index (χ3n) is 4.02. The molecule has 0 saturated carbocycles. The predicted octanol–water partition coefficient (Wildman–Crippen LogP) is 2.06. The van der Waals surface area contributed by atoms with E-state index < -0.39 is 0 Å². The van der Waals surface area contributed by atoms with Gasteiger partial charge in [0.1, 0.15) is 0 Å². The van der Waals surface area contributed by atoms with Crippen LogP contribution in [0.4, 0.5) is 10.5 Å². The second kappa shape index (κ2) is 6.70. The molecule has 6 nitrogen and oxygen atoms in total. The van der Waals surface area contributed by atoms with E-state index in [4.69, 9.17) is 0 Å². The van der Waals surface area contributed by atoms with Crippen molar-refractivity contribution < 1.29 is 9.59 Å². The number of carbonyl (C=O) groups is 2. The van der Waals surface area contributed by atoms with E-state index in [2.05, 4.69) is 16.4 Å². The highest BCUT2D eigenvalue weighted by molar-refractivity contribution is 6.07. The van der Waals surface area contributed by atoms with Crippen molar-refractivity contribution in [3.8, 4) is 0 Å². The fourth-order valence-electron chi connectivity index (χ4n) is 2.74. The van der Waals surface area contributed by atoms with Crippen LogP contribution in [0, 0.1) is 0 Å². The number of hydrogen-bond donors (Lipinski definition) is 1. The van der Waals surface area contributed by atoms with Crippen LogP contribution in [-0.4, -0.2) is 42.5 Å². The highest BCUT2D eigenvalue weighted by Crippen LogP contribution is 2.28. The van der Waals surface area contributed by atoms with Gasteiger partial charge in [0.25, 0.3) is 5.91 Å². The third kappa shape index (κ3) is 3.22. The fourth-order valence-corrected chi connectivity index (χ4v) is 2.74. The zero-order chi connectivity index (χ0) is 17.1. The van der Waals surface area contributed by atoms with Crippen LogP contribution in [0.2, 0.25) is 0 Å². The van der Waals surface area contributed by atoms with E-state index in [0.29, 0.717) is 17.8 Å². The summed E-state index contributed by atoms with van der Waals surface area (Å²) < 4.78 is 0. The highest BCUT2D eigenvalue weighted by Gasteiger charge is 2.25. The van der Waals surface area contributed by atoms with Crippen molar-refractivity contribution >= 4 is 17.6 Å². The number of rotatable bonds is 3. The number of urea groups is 1. The summed E-state index contributed by atoms with van der Waals surface area (Å²) in [6.45, 7) is 0.974. The average molecular weight is 324 g/mol. The molecule has 1 aliphatic heterocycles. The molecule has 2 heterocycles. The number of para-hydroxylation sites is 1. The number of anilines is 1. The number of nitrogens with one attached hydrogen (secondary N) is 1. The SMILES string of the molecule is CN(C)C(=O)NCc1cc(C(=O)N2CCc3ccccc32)ccn1. The Morgan fingerprint density at radius 2 is 2.04 bits per heavy atom. The first-order chi connectivity index (χ1) is 11.6. The first kappa shape index (κ1) is 16.0. The van der Waals surface area contributed by atoms with E-state index in [1.165, 1.54) is 10.5 Å². The van der Waals surface area contributed by atoms with Crippen molar-refractivity contribution in [2.24, 2.45) is 0 Å². The van der Waals surface area contributed by atoms with Gasteiger partial charge >= 0.3 is 6.03 Å². The van der Waals surface area contributed by atoms with E-state index in [1.54, 1.807) is 37.3 Å². The number of pyridine rings is 1. The molecular formula is C18H20N4O2. The van der Waals surface area contributed by atoms with Gasteiger partial charge in [-0.15, -0.1) is 0 Å². The van der Waals surface area contributed by atoms with E-state index in [-0.39, 0.29) is 18.5 Å². The molecule has 0 radical (unpaired) electrons. The summed E-state index contributed by atoms with van der Waals surface area (Å²) in [5, 5.41) is 2.75. The zero-order valence-corrected chi connectivity index (χ0v) is 13.8. The molecule has 0 atom stereocenters. The van der Waals surface area contributed by atoms with Crippen LogP contribution in [0.1, 0.15) is 21.6 Å². The topological polar surface area (TPSA) is 65.5 Å². The first-order valence-electron chi connectivity index (χ1n) is 7.86. The molecule has 3 rings (SSSR count). The molecule has 1 aliphatic rings. The van der Waals surface area contributed by atoms with Gasteiger partial charge in [0.05, 0.1) is 12.2 Å². The van der Waals surface area contributed by atoms with E-state index in [0.717, 1.165) is 12.1 Å². The van der Waals surface area contributed by atoms with Crippen LogP contribution >= 0.6 is 0 Å². The fraction of sp³-hybridized carbons (Fsp3) is 0.278. The van der Waals surface area contributed by atoms with Crippen LogP contribution in [-0.2, 0) is 13.0 Å². The summed E-state index contributed by atoms with van der Waals surface area (Å²) in [7, 11) is 3.35. The van der Waals surface area contributed by atoms with Gasteiger partial charge in [0.15, 0.2) is 0 Å². The molecule has 1 aromatic heterocycles. The molecule has 6 heteroatoms. The Kier molecular flexibility index (Phi) is 4.46. The minimum Gasteiger partial charge on any atom is -0.332 e. The molecule has 0 fully saturated rings. The molecule has 0 saturated heterocycles. The molecule has 0 spiro atoms. The van der Waals surface area contributed by atoms with E-state index in [1.807, 2.05) is 18.2 Å². The number of hydrogen-bond acceptors (Lipinski definition) is 3. The summed E-state index contributed by atoms with van der Waals surface area (Å²) >= 11 is 0. The van der Waals surface area contributed by atoms with Crippen LogP contribution in [0.3, 0.4) is 0 Å². The minimum absolute atomic E-state index is 0.0393. The van der Waals surface area contributed by atoms with Gasteiger partial charge in [0, 0.05) is 38.1 Å². The van der Waals surface area contributed by atoms with Crippen molar-refractivity contribution in [1.82, 2.24) is 15.2 Å². The minimum atomic E-state index is -0.193. The number of benzene rings is 1. The number of fused-ring (bicyclic) bond motifs is 1. The first-order valence-corrected chi connectivity index (χ1v) is 7.86. The molecule has 124 valence electrons. The molecule has 2 aromatic rings. The number of amides is 3. The van der Waals surface area contributed by atoms with E-state index >= 15 is 0 Å². The van der Waals surface area contributed by atoms with Crippen LogP contribution in [0.25, 0.3) is 0 Å². The number of nitrogens with zero attached hydrogens (tertiary/aromatic N) is 3. The van der Waals surface area contributed by atoms with Gasteiger partial charge in [-0.05, 0) is 30.2 Å². The highest BCUT2D eigenvalue weighted by atomic mass is 16.2. The van der Waals surface area contributed by atoms with Crippen molar-refractivity contribution in [2.45, 2.75) is 13.0 Å². The normalized spacial score (nSPS) is 12.7. The largest absolute Gasteiger partial charge is 0.332 e. The lowest BCUT2D eigenvalue weighted by Gasteiger charge is -2.18. The van der Waals surface area contributed by atoms with Gasteiger partial charge in [0.2, 0.25) is 0 Å². The molecule has 1 aromatic carbocycles. The smallest absolute Gasteiger partial charge is 0.317 e. The second-order valence-corrected chi connectivity index (χ2v) is 5.92. The lowest BCUT2D eigenvalue weighted by atomic mass is 10.1. The van der Waals surface area contributed by atoms with Gasteiger partial charge in [-0.2, -0.15) is 0 Å². The molecule has 0 bridgehead atoms. The summed E-state index contributed by atoms with van der Waals surface area (Å²) in [5.41, 5.74) is 3.40. The molecule has 0 aliphatic carbocycles. The van der Waals surface area contributed by atoms with Crippen LogP contribution in [0.15, 0.2) is 42.6 Å². The van der Waals surface area contributed by atoms with Gasteiger partial charge < -0.3 is 15.1 Å². The predicted molar refractivity (Wildman–Crippen MR) is 92.0 cm³/mol. The lowest BCUT2D eigenvalue weighted by molar-refractivity contribution is 0.0989. The number of carbonyl (C=O) groups excluding carboxylic acids is 2. The summed E-state index contributed by atoms with van der Waals surface area (Å²) in [5.74, 6) is -0.0393. The number of aromatic nitrogens is 1. The molecule has 1 N–H and O–H groups in total. The van der Waals surface area contributed by atoms with Crippen molar-refractivity contribution in [3.05, 3.63) is 59.4 Å². The quantitative estimate of drug-likeness (QED) is 0.940. The van der Waals surface area contributed by atoms with Crippen LogP contribution in [0.5, 0.6) is 0 Å². The third-order valence-corrected chi connectivity index (χ3v) is 4.02. The summed E-state index contributed by atoms with van der Waals surface area (Å²) in [4.78, 5) is 31.9. The van der Waals surface area contributed by atoms with Crippen molar-refractivity contribution in [1.29, 1.82) is 0 Å². The Morgan fingerprint density at radius 3 is 2.83 bits per heavy atom. The Morgan fingerprint density at radius 1 is 1.25 bits per heavy atom. The van der Waals surface area contributed by atoms with Gasteiger partial charge in [-0.3, -0.25) is 9.78 Å². The van der Waals surface area contributed by atoms with Gasteiger partial charge in [-0.1, -0.05) is 18.2 Å². The standard InChI is InChI=1S/C18H20N4O2/c1-21(2)18(24)20-12-15-11-14(7-9-19-15)17(23)22-10-8-13-5-3-4-6-16(13)22/h3-7,9,11H,8,10,12H2,1-2H3,(H,20,24). The Hall–Kier alpha value is -2.89. The van der Waals surface area contributed by atoms with E-state index in [9.17, 15) is 9.59 Å². The van der Waals surface area contributed by atoms with Crippen molar-refractivity contribution in [2.75, 3.05) is 25.5 Å². The second-order valence-electron chi connectivity index (χ2n) is 5.92. The molecular weight excluding hydrogens is 304 g/mol. The zero-order valence-electron chi connectivity index (χ0n) is 13.8. The maximum Gasteiger partial charge on any atom is 0.317 e. The molecule has 0 unspecified atom stereocenters. The van der Waals surface area contributed by atoms with Crippen molar-refractivity contribution in [3.63, 3.8) is 0 Å². The average Bonchev–Trinajstić information content (AvgIpc) is 3.03. The molecule has 3 amide bonds. The Bertz CT molecular complexity index is 773.